The van der Waals surface area contributed by atoms with Gasteiger partial charge in [-0.1, -0.05) is 30.9 Å². The van der Waals surface area contributed by atoms with Gasteiger partial charge in [-0.15, -0.1) is 0 Å². The molecule has 5 heteroatoms. The van der Waals surface area contributed by atoms with Crippen molar-refractivity contribution in [2.75, 3.05) is 20.1 Å². The molecular weight excluding hydrogens is 284 g/mol. The summed E-state index contributed by atoms with van der Waals surface area (Å²) in [6.45, 7) is 4.95. The Kier molecular flexibility index (Phi) is 6.52. The van der Waals surface area contributed by atoms with Crippen LogP contribution in [0, 0.1) is 6.92 Å². The van der Waals surface area contributed by atoms with E-state index in [1.54, 1.807) is 0 Å². The number of aromatic nitrogens is 2. The van der Waals surface area contributed by atoms with Crippen molar-refractivity contribution in [2.45, 2.75) is 58.0 Å². The lowest BCUT2D eigenvalue weighted by atomic mass is 9.94. The third kappa shape index (κ3) is 4.70. The van der Waals surface area contributed by atoms with Crippen LogP contribution in [0.3, 0.4) is 0 Å². The van der Waals surface area contributed by atoms with E-state index in [-0.39, 0.29) is 0 Å². The lowest BCUT2D eigenvalue weighted by molar-refractivity contribution is 0.189. The molecule has 1 aromatic heterocycles. The molecule has 1 saturated carbocycles. The first-order valence-corrected chi connectivity index (χ1v) is 8.56. The molecule has 0 aromatic carbocycles. The molecule has 1 N–H and O–H groups in total. The van der Waals surface area contributed by atoms with Crippen molar-refractivity contribution in [1.82, 2.24) is 20.0 Å². The van der Waals surface area contributed by atoms with E-state index in [1.807, 2.05) is 18.7 Å². The summed E-state index contributed by atoms with van der Waals surface area (Å²) in [7, 11) is 4.23. The minimum absolute atomic E-state index is 0.795. The summed E-state index contributed by atoms with van der Waals surface area (Å²) in [6.07, 6.45) is 8.19. The van der Waals surface area contributed by atoms with Crippen LogP contribution in [0.4, 0.5) is 0 Å². The molecule has 0 atom stereocenters. The molecule has 2 rings (SSSR count). The number of rotatable bonds is 7. The highest BCUT2D eigenvalue weighted by Crippen LogP contribution is 2.21. The van der Waals surface area contributed by atoms with E-state index in [4.69, 9.17) is 11.6 Å². The highest BCUT2D eigenvalue weighted by molar-refractivity contribution is 6.31. The van der Waals surface area contributed by atoms with E-state index in [9.17, 15) is 0 Å². The first-order valence-electron chi connectivity index (χ1n) is 8.18. The van der Waals surface area contributed by atoms with Gasteiger partial charge in [-0.3, -0.25) is 4.68 Å². The topological polar surface area (TPSA) is 33.1 Å². The minimum Gasteiger partial charge on any atom is -0.311 e. The first kappa shape index (κ1) is 16.8. The van der Waals surface area contributed by atoms with Gasteiger partial charge in [-0.25, -0.2) is 0 Å². The van der Waals surface area contributed by atoms with Crippen LogP contribution in [0.25, 0.3) is 0 Å². The quantitative estimate of drug-likeness (QED) is 0.785. The molecular formula is C16H29ClN4. The summed E-state index contributed by atoms with van der Waals surface area (Å²) in [5.41, 5.74) is 1.99. The number of hydrogen-bond donors (Lipinski definition) is 1. The van der Waals surface area contributed by atoms with Crippen LogP contribution in [0.15, 0.2) is 0 Å². The number of aryl methyl sites for hydroxylation is 2. The smallest absolute Gasteiger partial charge is 0.0860 e. The van der Waals surface area contributed by atoms with Crippen molar-refractivity contribution in [2.24, 2.45) is 7.05 Å². The predicted molar refractivity (Wildman–Crippen MR) is 88.8 cm³/mol. The van der Waals surface area contributed by atoms with Crippen LogP contribution in [-0.4, -0.2) is 40.9 Å². The summed E-state index contributed by atoms with van der Waals surface area (Å²) >= 11 is 6.25. The Morgan fingerprint density at radius 3 is 2.67 bits per heavy atom. The lowest BCUT2D eigenvalue weighted by Crippen LogP contribution is -2.35. The Labute approximate surface area is 133 Å². The van der Waals surface area contributed by atoms with Gasteiger partial charge in [-0.2, -0.15) is 5.10 Å². The van der Waals surface area contributed by atoms with E-state index >= 15 is 0 Å². The van der Waals surface area contributed by atoms with Gasteiger partial charge in [-0.05, 0) is 46.3 Å². The molecule has 0 spiro atoms. The minimum atomic E-state index is 0.795. The van der Waals surface area contributed by atoms with Crippen LogP contribution >= 0.6 is 11.6 Å². The van der Waals surface area contributed by atoms with Gasteiger partial charge < -0.3 is 10.2 Å². The van der Waals surface area contributed by atoms with Crippen molar-refractivity contribution in [1.29, 1.82) is 0 Å². The zero-order valence-electron chi connectivity index (χ0n) is 13.7. The van der Waals surface area contributed by atoms with Gasteiger partial charge >= 0.3 is 0 Å². The Morgan fingerprint density at radius 2 is 2.05 bits per heavy atom. The van der Waals surface area contributed by atoms with Gasteiger partial charge in [0.25, 0.3) is 0 Å². The van der Waals surface area contributed by atoms with Crippen LogP contribution in [0.5, 0.6) is 0 Å². The Balaban J connectivity index is 1.63. The zero-order chi connectivity index (χ0) is 15.2. The van der Waals surface area contributed by atoms with E-state index in [2.05, 4.69) is 22.4 Å². The molecule has 0 amide bonds. The Hall–Kier alpha value is -0.580. The van der Waals surface area contributed by atoms with E-state index in [0.717, 1.165) is 35.5 Å². The van der Waals surface area contributed by atoms with E-state index in [0.29, 0.717) is 0 Å². The standard InChI is InChI=1S/C16H29ClN4/c1-13-16(17)15(21(3)19-13)12-18-10-7-11-20(2)14-8-5-4-6-9-14/h14,18H,4-12H2,1-3H3. The highest BCUT2D eigenvalue weighted by atomic mass is 35.5. The zero-order valence-corrected chi connectivity index (χ0v) is 14.4. The fraction of sp³-hybridized carbons (Fsp3) is 0.812. The molecule has 0 aliphatic heterocycles. The van der Waals surface area contributed by atoms with Crippen molar-refractivity contribution in [3.8, 4) is 0 Å². The maximum atomic E-state index is 6.25. The maximum Gasteiger partial charge on any atom is 0.0860 e. The highest BCUT2D eigenvalue weighted by Gasteiger charge is 2.17. The first-order chi connectivity index (χ1) is 10.1. The van der Waals surface area contributed by atoms with Gasteiger partial charge in [0.2, 0.25) is 0 Å². The molecule has 1 heterocycles. The maximum absolute atomic E-state index is 6.25. The fourth-order valence-corrected chi connectivity index (χ4v) is 3.46. The van der Waals surface area contributed by atoms with Crippen molar-refractivity contribution in [3.05, 3.63) is 16.4 Å². The summed E-state index contributed by atoms with van der Waals surface area (Å²) in [5.74, 6) is 0. The largest absolute Gasteiger partial charge is 0.311 e. The normalized spacial score (nSPS) is 16.8. The Morgan fingerprint density at radius 1 is 1.33 bits per heavy atom. The molecule has 0 radical (unpaired) electrons. The molecule has 120 valence electrons. The number of hydrogen-bond acceptors (Lipinski definition) is 3. The molecule has 4 nitrogen and oxygen atoms in total. The number of halogens is 1. The molecule has 1 aromatic rings. The SMILES string of the molecule is Cc1nn(C)c(CNCCCN(C)C2CCCCC2)c1Cl. The van der Waals surface area contributed by atoms with Crippen molar-refractivity contribution < 1.29 is 0 Å². The second-order valence-electron chi connectivity index (χ2n) is 6.27. The third-order valence-corrected chi connectivity index (χ3v) is 5.11. The van der Waals surface area contributed by atoms with Gasteiger partial charge in [0.15, 0.2) is 0 Å². The average Bonchev–Trinajstić information content (AvgIpc) is 2.73. The van der Waals surface area contributed by atoms with Crippen molar-refractivity contribution in [3.63, 3.8) is 0 Å². The molecule has 1 aliphatic rings. The molecule has 1 fully saturated rings. The summed E-state index contributed by atoms with van der Waals surface area (Å²) in [4.78, 5) is 2.54. The van der Waals surface area contributed by atoms with E-state index < -0.39 is 0 Å². The monoisotopic (exact) mass is 312 g/mol. The lowest BCUT2D eigenvalue weighted by Gasteiger charge is -2.31. The fourth-order valence-electron chi connectivity index (χ4n) is 3.24. The van der Waals surface area contributed by atoms with Crippen molar-refractivity contribution >= 4 is 11.6 Å². The second-order valence-corrected chi connectivity index (χ2v) is 6.65. The third-order valence-electron chi connectivity index (χ3n) is 4.62. The van der Waals surface area contributed by atoms with Crippen LogP contribution in [-0.2, 0) is 13.6 Å². The number of nitrogens with one attached hydrogen (secondary N) is 1. The molecule has 0 unspecified atom stereocenters. The van der Waals surface area contributed by atoms with Gasteiger partial charge in [0.05, 0.1) is 16.4 Å². The van der Waals surface area contributed by atoms with Crippen LogP contribution in [0.2, 0.25) is 5.02 Å². The van der Waals surface area contributed by atoms with E-state index in [1.165, 1.54) is 45.1 Å². The van der Waals surface area contributed by atoms with Crippen LogP contribution in [0.1, 0.15) is 49.9 Å². The summed E-state index contributed by atoms with van der Waals surface area (Å²) in [6, 6.07) is 0.813. The predicted octanol–water partition coefficient (Wildman–Crippen LogP) is 3.13. The molecule has 1 aliphatic carbocycles. The molecule has 0 bridgehead atoms. The van der Waals surface area contributed by atoms with Gasteiger partial charge in [0.1, 0.15) is 0 Å². The second kappa shape index (κ2) is 8.16. The van der Waals surface area contributed by atoms with Gasteiger partial charge in [0, 0.05) is 19.6 Å². The Bertz CT molecular complexity index is 438. The summed E-state index contributed by atoms with van der Waals surface area (Å²) in [5, 5.41) is 8.61. The summed E-state index contributed by atoms with van der Waals surface area (Å²) < 4.78 is 1.87. The molecule has 21 heavy (non-hydrogen) atoms. The van der Waals surface area contributed by atoms with Crippen LogP contribution < -0.4 is 5.32 Å². The molecule has 0 saturated heterocycles. The average molecular weight is 313 g/mol. The number of nitrogens with zero attached hydrogens (tertiary/aromatic N) is 3.